The molecule has 8 nitrogen and oxygen atoms in total. The summed E-state index contributed by atoms with van der Waals surface area (Å²) < 4.78 is 35.9. The van der Waals surface area contributed by atoms with Gasteiger partial charge < -0.3 is 14.2 Å². The number of hydrogen-bond donors (Lipinski definition) is 0. The molecule has 2 aromatic rings. The van der Waals surface area contributed by atoms with Gasteiger partial charge in [0.05, 0.1) is 16.5 Å². The Bertz CT molecular complexity index is 1370. The Hall–Kier alpha value is -2.49. The second-order valence-electron chi connectivity index (χ2n) is 11.2. The number of carbonyl (C=O) groups is 1. The Morgan fingerprint density at radius 3 is 2.58 bits per heavy atom. The first kappa shape index (κ1) is 27.1. The number of aryl methyl sites for hydroxylation is 1. The predicted octanol–water partition coefficient (Wildman–Crippen LogP) is 3.94. The number of rotatable bonds is 7. The maximum atomic E-state index is 13.9. The summed E-state index contributed by atoms with van der Waals surface area (Å²) in [7, 11) is -1.94. The van der Waals surface area contributed by atoms with Gasteiger partial charge in [0.2, 0.25) is 15.5 Å². The molecule has 2 fully saturated rings. The maximum Gasteiger partial charge on any atom is 0.259 e. The van der Waals surface area contributed by atoms with Gasteiger partial charge in [-0.3, -0.25) is 9.59 Å². The van der Waals surface area contributed by atoms with E-state index in [0.717, 1.165) is 44.9 Å². The van der Waals surface area contributed by atoms with Gasteiger partial charge in [-0.05, 0) is 75.0 Å². The van der Waals surface area contributed by atoms with Crippen molar-refractivity contribution < 1.29 is 17.9 Å². The molecule has 2 aliphatic heterocycles. The van der Waals surface area contributed by atoms with E-state index in [1.165, 1.54) is 10.4 Å². The average Bonchev–Trinajstić information content (AvgIpc) is 3.44. The largest absolute Gasteiger partial charge is 0.376 e. The number of ether oxygens (including phenoxy) is 1. The molecule has 0 radical (unpaired) electrons. The number of benzene rings is 1. The molecule has 1 aliphatic carbocycles. The molecule has 1 aromatic heterocycles. The van der Waals surface area contributed by atoms with Gasteiger partial charge in [0, 0.05) is 51.4 Å². The fourth-order valence-electron chi connectivity index (χ4n) is 5.94. The lowest BCUT2D eigenvalue weighted by atomic mass is 9.93. The first-order chi connectivity index (χ1) is 18.2. The molecule has 1 amide bonds. The van der Waals surface area contributed by atoms with Gasteiger partial charge in [0.25, 0.3) is 5.91 Å². The first-order valence-corrected chi connectivity index (χ1v) is 15.4. The van der Waals surface area contributed by atoms with Gasteiger partial charge >= 0.3 is 0 Å². The molecule has 3 heterocycles. The fourth-order valence-corrected chi connectivity index (χ4v) is 7.43. The molecule has 0 N–H and O–H groups in total. The number of hydrogen-bond acceptors (Lipinski definition) is 5. The van der Waals surface area contributed by atoms with Crippen LogP contribution in [0.3, 0.4) is 0 Å². The lowest BCUT2D eigenvalue weighted by molar-refractivity contribution is 0.0482. The number of carbonyl (C=O) groups excluding carboxylic acids is 1. The average molecular weight is 542 g/mol. The zero-order chi connectivity index (χ0) is 26.9. The van der Waals surface area contributed by atoms with E-state index in [9.17, 15) is 18.0 Å². The molecule has 2 atom stereocenters. The highest BCUT2D eigenvalue weighted by molar-refractivity contribution is 7.89. The highest BCUT2D eigenvalue weighted by Gasteiger charge is 2.30. The van der Waals surface area contributed by atoms with E-state index in [-0.39, 0.29) is 27.9 Å². The standard InChI is InChI=1S/C29H39N3O5S/c1-21-12-14-32(15-13-21)38(35,36)24-10-11-27-25(17-24)28(33)26(20-30(27)2)29(34)31(19-23-9-6-16-37-23)18-22-7-4-3-5-8-22/h3-4,10-11,17,20-23H,5-9,12-16,18-19H2,1-2H3. The topological polar surface area (TPSA) is 88.9 Å². The lowest BCUT2D eigenvalue weighted by Gasteiger charge is -2.30. The zero-order valence-corrected chi connectivity index (χ0v) is 23.3. The molecule has 2 saturated heterocycles. The Kier molecular flexibility index (Phi) is 8.07. The molecular weight excluding hydrogens is 502 g/mol. The second kappa shape index (κ2) is 11.3. The van der Waals surface area contributed by atoms with E-state index < -0.39 is 15.5 Å². The first-order valence-electron chi connectivity index (χ1n) is 13.9. The molecule has 3 aliphatic rings. The van der Waals surface area contributed by atoms with Crippen molar-refractivity contribution in [2.24, 2.45) is 18.9 Å². The van der Waals surface area contributed by atoms with E-state index in [1.807, 2.05) is 0 Å². The van der Waals surface area contributed by atoms with Crippen LogP contribution in [0.15, 0.2) is 46.2 Å². The zero-order valence-electron chi connectivity index (χ0n) is 22.5. The third-order valence-electron chi connectivity index (χ3n) is 8.36. The maximum absolute atomic E-state index is 13.9. The molecule has 0 spiro atoms. The minimum atomic E-state index is -3.72. The highest BCUT2D eigenvalue weighted by Crippen LogP contribution is 2.26. The molecule has 5 rings (SSSR count). The van der Waals surface area contributed by atoms with Crippen molar-refractivity contribution in [3.05, 3.63) is 52.3 Å². The lowest BCUT2D eigenvalue weighted by Crippen LogP contribution is -2.42. The number of aromatic nitrogens is 1. The predicted molar refractivity (Wildman–Crippen MR) is 148 cm³/mol. The van der Waals surface area contributed by atoms with Crippen LogP contribution in [0.25, 0.3) is 10.9 Å². The Balaban J connectivity index is 1.49. The van der Waals surface area contributed by atoms with Crippen LogP contribution in [0.1, 0.15) is 62.2 Å². The third kappa shape index (κ3) is 5.60. The summed E-state index contributed by atoms with van der Waals surface area (Å²) in [5.74, 6) is 0.538. The molecule has 2 unspecified atom stereocenters. The van der Waals surface area contributed by atoms with Crippen LogP contribution in [-0.4, -0.2) is 67.0 Å². The van der Waals surface area contributed by atoms with Gasteiger partial charge in [0.1, 0.15) is 5.56 Å². The van der Waals surface area contributed by atoms with E-state index >= 15 is 0 Å². The van der Waals surface area contributed by atoms with Crippen molar-refractivity contribution in [3.63, 3.8) is 0 Å². The van der Waals surface area contributed by atoms with Crippen molar-refractivity contribution >= 4 is 26.8 Å². The fraction of sp³-hybridized carbons (Fsp3) is 0.586. The minimum Gasteiger partial charge on any atom is -0.376 e. The normalized spacial score (nSPS) is 23.2. The molecule has 9 heteroatoms. The number of nitrogens with zero attached hydrogens (tertiary/aromatic N) is 3. The van der Waals surface area contributed by atoms with Crippen LogP contribution in [0.4, 0.5) is 0 Å². The van der Waals surface area contributed by atoms with E-state index in [2.05, 4.69) is 19.1 Å². The summed E-state index contributed by atoms with van der Waals surface area (Å²) in [5.41, 5.74) is 0.250. The number of fused-ring (bicyclic) bond motifs is 1. The summed E-state index contributed by atoms with van der Waals surface area (Å²) in [6, 6.07) is 4.69. The minimum absolute atomic E-state index is 0.0219. The highest BCUT2D eigenvalue weighted by atomic mass is 32.2. The molecule has 1 aromatic carbocycles. The van der Waals surface area contributed by atoms with Crippen molar-refractivity contribution in [1.82, 2.24) is 13.8 Å². The quantitative estimate of drug-likeness (QED) is 0.496. The van der Waals surface area contributed by atoms with E-state index in [0.29, 0.717) is 50.1 Å². The molecule has 0 bridgehead atoms. The van der Waals surface area contributed by atoms with E-state index in [1.54, 1.807) is 34.8 Å². The Labute approximate surface area is 225 Å². The summed E-state index contributed by atoms with van der Waals surface area (Å²) >= 11 is 0. The summed E-state index contributed by atoms with van der Waals surface area (Å²) in [5, 5.41) is 0.252. The van der Waals surface area contributed by atoms with Crippen LogP contribution in [0, 0.1) is 11.8 Å². The van der Waals surface area contributed by atoms with Crippen LogP contribution in [0.5, 0.6) is 0 Å². The number of amides is 1. The monoisotopic (exact) mass is 541 g/mol. The summed E-state index contributed by atoms with van der Waals surface area (Å²) in [6.07, 6.45) is 12.4. The van der Waals surface area contributed by atoms with Crippen molar-refractivity contribution in [3.8, 4) is 0 Å². The summed E-state index contributed by atoms with van der Waals surface area (Å²) in [4.78, 5) is 29.5. The van der Waals surface area contributed by atoms with E-state index in [4.69, 9.17) is 4.74 Å². The summed E-state index contributed by atoms with van der Waals surface area (Å²) in [6.45, 7) is 4.83. The van der Waals surface area contributed by atoms with Crippen molar-refractivity contribution in [1.29, 1.82) is 0 Å². The molecular formula is C29H39N3O5S. The molecule has 38 heavy (non-hydrogen) atoms. The molecule has 0 saturated carbocycles. The van der Waals surface area contributed by atoms with Crippen LogP contribution in [0.2, 0.25) is 0 Å². The van der Waals surface area contributed by atoms with Crippen molar-refractivity contribution in [2.75, 3.05) is 32.8 Å². The SMILES string of the molecule is CC1CCN(S(=O)(=O)c2ccc3c(c2)c(=O)c(C(=O)N(CC2CC=CCC2)CC2CCCO2)cn3C)CC1. The van der Waals surface area contributed by atoms with Crippen molar-refractivity contribution in [2.45, 2.75) is 62.9 Å². The number of piperidine rings is 1. The van der Waals surface area contributed by atoms with Gasteiger partial charge in [-0.2, -0.15) is 4.31 Å². The number of allylic oxidation sites excluding steroid dienone is 2. The smallest absolute Gasteiger partial charge is 0.259 e. The van der Waals surface area contributed by atoms with Gasteiger partial charge in [0.15, 0.2) is 0 Å². The van der Waals surface area contributed by atoms with Crippen LogP contribution in [-0.2, 0) is 21.8 Å². The van der Waals surface area contributed by atoms with Gasteiger partial charge in [-0.25, -0.2) is 8.42 Å². The van der Waals surface area contributed by atoms with Gasteiger partial charge in [-0.15, -0.1) is 0 Å². The van der Waals surface area contributed by atoms with Gasteiger partial charge in [-0.1, -0.05) is 19.1 Å². The Morgan fingerprint density at radius 1 is 1.11 bits per heavy atom. The second-order valence-corrected chi connectivity index (χ2v) is 13.2. The number of sulfonamides is 1. The number of pyridine rings is 1. The molecule has 206 valence electrons. The third-order valence-corrected chi connectivity index (χ3v) is 10.3. The Morgan fingerprint density at radius 2 is 1.89 bits per heavy atom. The van der Waals surface area contributed by atoms with Crippen LogP contribution < -0.4 is 5.43 Å². The van der Waals surface area contributed by atoms with Crippen LogP contribution >= 0.6 is 0 Å².